The van der Waals surface area contributed by atoms with E-state index in [9.17, 15) is 14.7 Å². The predicted octanol–water partition coefficient (Wildman–Crippen LogP) is 1.96. The smallest absolute Gasteiger partial charge is 0.302 e. The van der Waals surface area contributed by atoms with Crippen molar-refractivity contribution in [1.29, 1.82) is 0 Å². The first-order valence-corrected chi connectivity index (χ1v) is 10.7. The molecule has 5 rings (SSSR count). The van der Waals surface area contributed by atoms with Crippen molar-refractivity contribution in [2.75, 3.05) is 6.61 Å². The number of fused-ring (bicyclic) bond motifs is 3. The fourth-order valence-corrected chi connectivity index (χ4v) is 7.04. The molecular weight excluding hydrogens is 376 g/mol. The Labute approximate surface area is 170 Å². The van der Waals surface area contributed by atoms with Gasteiger partial charge in [0.05, 0.1) is 30.5 Å². The molecule has 0 unspecified atom stereocenters. The molecule has 0 radical (unpaired) electrons. The number of hydrogen-bond donors (Lipinski definition) is 1. The summed E-state index contributed by atoms with van der Waals surface area (Å²) in [4.78, 5) is 24.8. The summed E-state index contributed by atoms with van der Waals surface area (Å²) >= 11 is 0. The van der Waals surface area contributed by atoms with E-state index in [4.69, 9.17) is 18.9 Å². The van der Waals surface area contributed by atoms with Gasteiger partial charge in [0, 0.05) is 24.7 Å². The molecule has 0 aromatic carbocycles. The Morgan fingerprint density at radius 1 is 1.31 bits per heavy atom. The average molecular weight is 406 g/mol. The number of ether oxygens (including phenoxy) is 4. The zero-order valence-electron chi connectivity index (χ0n) is 17.2. The molecule has 2 saturated carbocycles. The van der Waals surface area contributed by atoms with Crippen LogP contribution in [0.2, 0.25) is 0 Å². The van der Waals surface area contributed by atoms with Gasteiger partial charge in [-0.05, 0) is 37.2 Å². The molecule has 0 aromatic heterocycles. The summed E-state index contributed by atoms with van der Waals surface area (Å²) < 4.78 is 23.6. The van der Waals surface area contributed by atoms with Gasteiger partial charge in [-0.15, -0.1) is 0 Å². The number of esters is 1. The molecule has 1 spiro atoms. The molecule has 29 heavy (non-hydrogen) atoms. The first kappa shape index (κ1) is 19.5. The van der Waals surface area contributed by atoms with Crippen LogP contribution in [0.3, 0.4) is 0 Å². The van der Waals surface area contributed by atoms with Gasteiger partial charge in [-0.1, -0.05) is 13.8 Å². The molecule has 4 fully saturated rings. The Bertz CT molecular complexity index is 745. The number of carbonyl (C=O) groups is 2. The van der Waals surface area contributed by atoms with Crippen LogP contribution in [-0.2, 0) is 28.5 Å². The second kappa shape index (κ2) is 6.28. The Morgan fingerprint density at radius 2 is 2.07 bits per heavy atom. The van der Waals surface area contributed by atoms with Crippen LogP contribution in [0, 0.1) is 28.6 Å². The number of hydrogen-bond acceptors (Lipinski definition) is 7. The zero-order valence-corrected chi connectivity index (χ0v) is 17.2. The number of carbonyl (C=O) groups excluding carboxylic acids is 2. The maximum Gasteiger partial charge on any atom is 0.302 e. The van der Waals surface area contributed by atoms with Crippen LogP contribution in [0.4, 0.5) is 0 Å². The Morgan fingerprint density at radius 3 is 2.69 bits per heavy atom. The lowest BCUT2D eigenvalue weighted by molar-refractivity contribution is -0.240. The number of aliphatic hydroxyl groups excluding tert-OH is 1. The largest absolute Gasteiger partial charge is 0.472 e. The van der Waals surface area contributed by atoms with Crippen LogP contribution in [0.15, 0.2) is 12.3 Å². The molecule has 2 aliphatic carbocycles. The molecule has 7 nitrogen and oxygen atoms in total. The summed E-state index contributed by atoms with van der Waals surface area (Å²) in [5.41, 5.74) is -2.13. The van der Waals surface area contributed by atoms with E-state index >= 15 is 0 Å². The lowest BCUT2D eigenvalue weighted by Gasteiger charge is -2.62. The lowest BCUT2D eigenvalue weighted by atomic mass is 9.42. The zero-order chi connectivity index (χ0) is 20.6. The van der Waals surface area contributed by atoms with Gasteiger partial charge in [-0.3, -0.25) is 4.79 Å². The molecule has 5 aliphatic rings. The highest BCUT2D eigenvalue weighted by atomic mass is 16.7. The predicted molar refractivity (Wildman–Crippen MR) is 100 cm³/mol. The molecule has 0 amide bonds. The van der Waals surface area contributed by atoms with E-state index < -0.39 is 29.2 Å². The van der Waals surface area contributed by atoms with Crippen LogP contribution in [-0.4, -0.2) is 54.2 Å². The maximum absolute atomic E-state index is 12.8. The van der Waals surface area contributed by atoms with Gasteiger partial charge in [0.1, 0.15) is 18.0 Å². The van der Waals surface area contributed by atoms with Gasteiger partial charge in [0.2, 0.25) is 6.29 Å². The van der Waals surface area contributed by atoms with E-state index in [0.29, 0.717) is 25.9 Å². The van der Waals surface area contributed by atoms with E-state index in [0.717, 1.165) is 12.7 Å². The number of aliphatic hydroxyl groups is 1. The van der Waals surface area contributed by atoms with Crippen molar-refractivity contribution in [3.63, 3.8) is 0 Å². The van der Waals surface area contributed by atoms with Crippen LogP contribution in [0.25, 0.3) is 0 Å². The lowest BCUT2D eigenvalue weighted by Crippen LogP contribution is -2.69. The van der Waals surface area contributed by atoms with Crippen molar-refractivity contribution in [1.82, 2.24) is 0 Å². The minimum atomic E-state index is -0.975. The normalized spacial score (nSPS) is 55.1. The van der Waals surface area contributed by atoms with Crippen LogP contribution >= 0.6 is 0 Å². The molecule has 0 aromatic rings. The van der Waals surface area contributed by atoms with Gasteiger partial charge in [-0.2, -0.15) is 0 Å². The van der Waals surface area contributed by atoms with Gasteiger partial charge in [0.25, 0.3) is 0 Å². The van der Waals surface area contributed by atoms with E-state index in [2.05, 4.69) is 13.8 Å². The van der Waals surface area contributed by atoms with Gasteiger partial charge in [0.15, 0.2) is 0 Å². The topological polar surface area (TPSA) is 94.6 Å². The molecule has 160 valence electrons. The highest BCUT2D eigenvalue weighted by molar-refractivity contribution is 5.70. The van der Waals surface area contributed by atoms with E-state index in [1.54, 1.807) is 6.26 Å². The number of aldehydes is 1. The van der Waals surface area contributed by atoms with Gasteiger partial charge < -0.3 is 28.8 Å². The molecule has 3 heterocycles. The van der Waals surface area contributed by atoms with Crippen LogP contribution < -0.4 is 0 Å². The monoisotopic (exact) mass is 406 g/mol. The minimum Gasteiger partial charge on any atom is -0.472 e. The van der Waals surface area contributed by atoms with Crippen molar-refractivity contribution >= 4 is 12.3 Å². The first-order valence-electron chi connectivity index (χ1n) is 10.7. The summed E-state index contributed by atoms with van der Waals surface area (Å²) in [5, 5.41) is 10.7. The van der Waals surface area contributed by atoms with Crippen molar-refractivity contribution in [2.45, 2.75) is 76.7 Å². The molecule has 3 aliphatic heterocycles. The SMILES string of the molecule is CC(=O)O[C@H]1C[C@@H](C)[C@](C)([C@@H]2C[C@H]3C=CO[C@H]3O2)[C@H]2C[C@@H](O)C[C@]3(CO3)[C@]12C=O. The third-order valence-corrected chi connectivity index (χ3v) is 8.71. The van der Waals surface area contributed by atoms with Crippen molar-refractivity contribution < 1.29 is 33.6 Å². The molecule has 1 N–H and O–H groups in total. The third-order valence-electron chi connectivity index (χ3n) is 8.71. The van der Waals surface area contributed by atoms with E-state index in [1.807, 2.05) is 6.08 Å². The Kier molecular flexibility index (Phi) is 4.23. The molecular formula is C22H30O7. The van der Waals surface area contributed by atoms with E-state index in [-0.39, 0.29) is 35.6 Å². The molecule has 0 bridgehead atoms. The first-order chi connectivity index (χ1) is 13.8. The number of epoxide rings is 1. The Hall–Kier alpha value is -1.44. The number of rotatable bonds is 3. The fourth-order valence-electron chi connectivity index (χ4n) is 7.04. The summed E-state index contributed by atoms with van der Waals surface area (Å²) in [6, 6.07) is 0. The summed E-state index contributed by atoms with van der Waals surface area (Å²) in [7, 11) is 0. The van der Waals surface area contributed by atoms with Crippen LogP contribution in [0.5, 0.6) is 0 Å². The second-order valence-electron chi connectivity index (χ2n) is 9.94. The fraction of sp³-hybridized carbons (Fsp3) is 0.818. The third kappa shape index (κ3) is 2.47. The van der Waals surface area contributed by atoms with Crippen LogP contribution in [0.1, 0.15) is 46.5 Å². The van der Waals surface area contributed by atoms with Gasteiger partial charge in [-0.25, -0.2) is 0 Å². The quantitative estimate of drug-likeness (QED) is 0.435. The second-order valence-corrected chi connectivity index (χ2v) is 9.94. The van der Waals surface area contributed by atoms with Gasteiger partial charge >= 0.3 is 5.97 Å². The molecule has 10 atom stereocenters. The molecule has 2 saturated heterocycles. The highest BCUT2D eigenvalue weighted by Crippen LogP contribution is 2.69. The standard InChI is InChI=1S/C22H30O7/c1-12-6-18(28-13(2)24)22(10-23)16(8-15(25)9-21(22)11-27-21)20(12,3)17-7-14-4-5-26-19(14)29-17/h4-5,10,12,14-19,25H,6-9,11H2,1-3H3/t12-,14-,15-,16-,17+,18+,19+,20+,21+,22+/m1/s1. The summed E-state index contributed by atoms with van der Waals surface area (Å²) in [6.07, 6.45) is 5.45. The summed E-state index contributed by atoms with van der Waals surface area (Å²) in [5.74, 6) is -0.281. The minimum absolute atomic E-state index is 0.110. The maximum atomic E-state index is 12.8. The Balaban J connectivity index is 1.59. The average Bonchev–Trinajstić information content (AvgIpc) is 3.10. The molecule has 7 heteroatoms. The van der Waals surface area contributed by atoms with E-state index in [1.165, 1.54) is 6.92 Å². The van der Waals surface area contributed by atoms with Crippen molar-refractivity contribution in [3.05, 3.63) is 12.3 Å². The summed E-state index contributed by atoms with van der Waals surface area (Å²) in [6.45, 7) is 6.11. The highest BCUT2D eigenvalue weighted by Gasteiger charge is 2.77. The van der Waals surface area contributed by atoms with Crippen molar-refractivity contribution in [3.8, 4) is 0 Å². The van der Waals surface area contributed by atoms with Crippen molar-refractivity contribution in [2.24, 2.45) is 28.6 Å².